The molecule has 0 radical (unpaired) electrons. The molecule has 104 valence electrons. The second-order valence-corrected chi connectivity index (χ2v) is 5.01. The van der Waals surface area contributed by atoms with Crippen molar-refractivity contribution in [1.29, 1.82) is 0 Å². The molecule has 0 aromatic carbocycles. The van der Waals surface area contributed by atoms with Gasteiger partial charge in [0.2, 0.25) is 5.91 Å². The zero-order chi connectivity index (χ0) is 13.8. The Labute approximate surface area is 114 Å². The maximum atomic E-state index is 11.9. The van der Waals surface area contributed by atoms with E-state index in [1.54, 1.807) is 13.3 Å². The summed E-state index contributed by atoms with van der Waals surface area (Å²) in [7, 11) is 1.66. The van der Waals surface area contributed by atoms with Gasteiger partial charge in [0, 0.05) is 44.4 Å². The molecule has 1 aromatic heterocycles. The van der Waals surface area contributed by atoms with Crippen LogP contribution in [0.4, 0.5) is 5.69 Å². The predicted molar refractivity (Wildman–Crippen MR) is 74.4 cm³/mol. The number of aromatic nitrogens is 1. The quantitative estimate of drug-likeness (QED) is 0.827. The van der Waals surface area contributed by atoms with E-state index in [1.807, 2.05) is 31.0 Å². The Morgan fingerprint density at radius 3 is 2.58 bits per heavy atom. The number of piperazine rings is 1. The second-order valence-electron chi connectivity index (χ2n) is 5.01. The minimum atomic E-state index is 0.0690. The summed E-state index contributed by atoms with van der Waals surface area (Å²) in [4.78, 5) is 20.2. The van der Waals surface area contributed by atoms with E-state index in [4.69, 9.17) is 4.74 Å². The van der Waals surface area contributed by atoms with E-state index in [9.17, 15) is 4.79 Å². The Balaban J connectivity index is 2.02. The second kappa shape index (κ2) is 5.91. The lowest BCUT2D eigenvalue weighted by Gasteiger charge is -2.37. The van der Waals surface area contributed by atoms with Crippen LogP contribution in [0.25, 0.3) is 0 Å². The number of carbonyl (C=O) groups excluding carboxylic acids is 1. The molecule has 2 rings (SSSR count). The summed E-state index contributed by atoms with van der Waals surface area (Å²) in [6, 6.07) is 1.86. The lowest BCUT2D eigenvalue weighted by molar-refractivity contribution is -0.134. The molecule has 0 unspecified atom stereocenters. The maximum absolute atomic E-state index is 11.9. The number of hydrogen-bond acceptors (Lipinski definition) is 4. The molecule has 1 aromatic rings. The summed E-state index contributed by atoms with van der Waals surface area (Å²) >= 11 is 0. The van der Waals surface area contributed by atoms with Gasteiger partial charge in [0.15, 0.2) is 0 Å². The minimum Gasteiger partial charge on any atom is -0.494 e. The van der Waals surface area contributed by atoms with Crippen LogP contribution in [0.15, 0.2) is 18.5 Å². The molecule has 19 heavy (non-hydrogen) atoms. The Morgan fingerprint density at radius 1 is 1.32 bits per heavy atom. The average Bonchev–Trinajstić information content (AvgIpc) is 2.46. The smallest absolute Gasteiger partial charge is 0.225 e. The van der Waals surface area contributed by atoms with Crippen LogP contribution in [0.1, 0.15) is 13.8 Å². The first-order valence-electron chi connectivity index (χ1n) is 6.65. The SMILES string of the molecule is COc1ccncc1N1CCN(C(=O)C(C)C)CC1. The zero-order valence-electron chi connectivity index (χ0n) is 11.8. The molecule has 0 bridgehead atoms. The Bertz CT molecular complexity index is 440. The largest absolute Gasteiger partial charge is 0.494 e. The highest BCUT2D eigenvalue weighted by Crippen LogP contribution is 2.27. The standard InChI is InChI=1S/C14H21N3O2/c1-11(2)14(18)17-8-6-16(7-9-17)12-10-15-5-4-13(12)19-3/h4-5,10-11H,6-9H2,1-3H3. The molecule has 0 saturated carbocycles. The molecule has 1 amide bonds. The first kappa shape index (κ1) is 13.6. The summed E-state index contributed by atoms with van der Waals surface area (Å²) in [5.74, 6) is 1.14. The normalized spacial score (nSPS) is 15.8. The number of carbonyl (C=O) groups is 1. The molecule has 1 saturated heterocycles. The predicted octanol–water partition coefficient (Wildman–Crippen LogP) is 1.39. The molecule has 1 aliphatic heterocycles. The van der Waals surface area contributed by atoms with Crippen LogP contribution in [0.3, 0.4) is 0 Å². The van der Waals surface area contributed by atoms with Gasteiger partial charge in [0.05, 0.1) is 19.0 Å². The summed E-state index contributed by atoms with van der Waals surface area (Å²) in [6.45, 7) is 7.04. The van der Waals surface area contributed by atoms with Gasteiger partial charge in [0.1, 0.15) is 5.75 Å². The van der Waals surface area contributed by atoms with E-state index in [1.165, 1.54) is 0 Å². The molecule has 0 aliphatic carbocycles. The van der Waals surface area contributed by atoms with Crippen LogP contribution in [-0.4, -0.2) is 49.1 Å². The minimum absolute atomic E-state index is 0.0690. The van der Waals surface area contributed by atoms with E-state index >= 15 is 0 Å². The molecular weight excluding hydrogens is 242 g/mol. The van der Waals surface area contributed by atoms with Crippen LogP contribution >= 0.6 is 0 Å². The number of hydrogen-bond donors (Lipinski definition) is 0. The number of ether oxygens (including phenoxy) is 1. The Morgan fingerprint density at radius 2 is 2.00 bits per heavy atom. The van der Waals surface area contributed by atoms with Crippen molar-refractivity contribution in [2.45, 2.75) is 13.8 Å². The monoisotopic (exact) mass is 263 g/mol. The molecule has 0 atom stereocenters. The molecule has 0 N–H and O–H groups in total. The fourth-order valence-electron chi connectivity index (χ4n) is 2.32. The highest BCUT2D eigenvalue weighted by atomic mass is 16.5. The third-order valence-electron chi connectivity index (χ3n) is 3.41. The van der Waals surface area contributed by atoms with E-state index in [2.05, 4.69) is 9.88 Å². The van der Waals surface area contributed by atoms with Crippen molar-refractivity contribution in [1.82, 2.24) is 9.88 Å². The van der Waals surface area contributed by atoms with Gasteiger partial charge in [-0.3, -0.25) is 9.78 Å². The van der Waals surface area contributed by atoms with Gasteiger partial charge in [-0.05, 0) is 0 Å². The topological polar surface area (TPSA) is 45.7 Å². The number of rotatable bonds is 3. The number of methoxy groups -OCH3 is 1. The first-order valence-corrected chi connectivity index (χ1v) is 6.65. The van der Waals surface area contributed by atoms with E-state index in [-0.39, 0.29) is 11.8 Å². The summed E-state index contributed by atoms with van der Waals surface area (Å²) in [5.41, 5.74) is 1.00. The Hall–Kier alpha value is -1.78. The molecule has 2 heterocycles. The van der Waals surface area contributed by atoms with Gasteiger partial charge in [-0.2, -0.15) is 0 Å². The highest BCUT2D eigenvalue weighted by Gasteiger charge is 2.24. The molecule has 1 fully saturated rings. The van der Waals surface area contributed by atoms with E-state index < -0.39 is 0 Å². The summed E-state index contributed by atoms with van der Waals surface area (Å²) in [5, 5.41) is 0. The van der Waals surface area contributed by atoms with Gasteiger partial charge in [-0.1, -0.05) is 13.8 Å². The lowest BCUT2D eigenvalue weighted by Crippen LogP contribution is -2.50. The molecular formula is C14H21N3O2. The average molecular weight is 263 g/mol. The third-order valence-corrected chi connectivity index (χ3v) is 3.41. The van der Waals surface area contributed by atoms with Crippen LogP contribution in [0.5, 0.6) is 5.75 Å². The van der Waals surface area contributed by atoms with Crippen molar-refractivity contribution in [3.63, 3.8) is 0 Å². The van der Waals surface area contributed by atoms with Crippen molar-refractivity contribution in [2.75, 3.05) is 38.2 Å². The van der Waals surface area contributed by atoms with Crippen LogP contribution in [0, 0.1) is 5.92 Å². The molecule has 0 spiro atoms. The van der Waals surface area contributed by atoms with Crippen molar-refractivity contribution in [2.24, 2.45) is 5.92 Å². The third kappa shape index (κ3) is 2.97. The number of amides is 1. The zero-order valence-corrected chi connectivity index (χ0v) is 11.8. The Kier molecular flexibility index (Phi) is 4.24. The highest BCUT2D eigenvalue weighted by molar-refractivity contribution is 5.78. The van der Waals surface area contributed by atoms with Crippen molar-refractivity contribution >= 4 is 11.6 Å². The van der Waals surface area contributed by atoms with Gasteiger partial charge in [-0.15, -0.1) is 0 Å². The van der Waals surface area contributed by atoms with E-state index in [0.717, 1.165) is 37.6 Å². The lowest BCUT2D eigenvalue weighted by atomic mass is 10.1. The number of nitrogens with zero attached hydrogens (tertiary/aromatic N) is 3. The van der Waals surface area contributed by atoms with Gasteiger partial charge in [0.25, 0.3) is 0 Å². The number of pyridine rings is 1. The van der Waals surface area contributed by atoms with Gasteiger partial charge >= 0.3 is 0 Å². The van der Waals surface area contributed by atoms with Crippen LogP contribution in [-0.2, 0) is 4.79 Å². The van der Waals surface area contributed by atoms with Crippen molar-refractivity contribution in [3.8, 4) is 5.75 Å². The van der Waals surface area contributed by atoms with Crippen LogP contribution in [0.2, 0.25) is 0 Å². The van der Waals surface area contributed by atoms with Crippen molar-refractivity contribution in [3.05, 3.63) is 18.5 Å². The molecule has 5 heteroatoms. The number of anilines is 1. The summed E-state index contributed by atoms with van der Waals surface area (Å²) < 4.78 is 5.35. The van der Waals surface area contributed by atoms with Crippen LogP contribution < -0.4 is 9.64 Å². The van der Waals surface area contributed by atoms with Gasteiger partial charge in [-0.25, -0.2) is 0 Å². The summed E-state index contributed by atoms with van der Waals surface area (Å²) in [6.07, 6.45) is 3.54. The van der Waals surface area contributed by atoms with Crippen molar-refractivity contribution < 1.29 is 9.53 Å². The van der Waals surface area contributed by atoms with Gasteiger partial charge < -0.3 is 14.5 Å². The molecule has 1 aliphatic rings. The molecule has 5 nitrogen and oxygen atoms in total. The maximum Gasteiger partial charge on any atom is 0.225 e. The fraction of sp³-hybridized carbons (Fsp3) is 0.571. The first-order chi connectivity index (χ1) is 9.13. The van der Waals surface area contributed by atoms with E-state index in [0.29, 0.717) is 0 Å². The fourth-order valence-corrected chi connectivity index (χ4v) is 2.32.